The van der Waals surface area contributed by atoms with Crippen molar-refractivity contribution in [3.63, 3.8) is 0 Å². The summed E-state index contributed by atoms with van der Waals surface area (Å²) >= 11 is 3.44. The molecule has 2 aromatic rings. The summed E-state index contributed by atoms with van der Waals surface area (Å²) in [4.78, 5) is 13.5. The Labute approximate surface area is 134 Å². The minimum atomic E-state index is 0.151. The number of fused-ring (bicyclic) bond motifs is 1. The van der Waals surface area contributed by atoms with Crippen molar-refractivity contribution in [3.05, 3.63) is 57.8 Å². The van der Waals surface area contributed by atoms with Gasteiger partial charge >= 0.3 is 0 Å². The number of carbonyl (C=O) groups excluding carboxylic acids is 1. The predicted molar refractivity (Wildman–Crippen MR) is 90.7 cm³/mol. The van der Waals surface area contributed by atoms with Crippen molar-refractivity contribution in [2.24, 2.45) is 0 Å². The fraction of sp³-hybridized carbons (Fsp3) is 0.353. The van der Waals surface area contributed by atoms with Crippen LogP contribution in [-0.2, 0) is 17.0 Å². The van der Waals surface area contributed by atoms with Crippen molar-refractivity contribution in [3.8, 4) is 0 Å². The van der Waals surface area contributed by atoms with E-state index in [9.17, 15) is 4.79 Å². The highest BCUT2D eigenvalue weighted by Gasteiger charge is 2.21. The van der Waals surface area contributed by atoms with Crippen LogP contribution >= 0.6 is 23.1 Å². The molecule has 1 heterocycles. The molecule has 110 valence electrons. The van der Waals surface area contributed by atoms with Crippen LogP contribution in [-0.4, -0.2) is 11.7 Å². The first-order chi connectivity index (χ1) is 10.3. The van der Waals surface area contributed by atoms with E-state index >= 15 is 0 Å². The molecule has 4 heteroatoms. The Morgan fingerprint density at radius 1 is 1.29 bits per heavy atom. The monoisotopic (exact) mass is 317 g/mol. The molecule has 1 aliphatic carbocycles. The summed E-state index contributed by atoms with van der Waals surface area (Å²) in [6, 6.07) is 12.9. The van der Waals surface area contributed by atoms with Gasteiger partial charge in [0.05, 0.1) is 11.8 Å². The lowest BCUT2D eigenvalue weighted by Crippen LogP contribution is -2.32. The molecule has 0 unspecified atom stereocenters. The van der Waals surface area contributed by atoms with Crippen LogP contribution in [0.5, 0.6) is 0 Å². The van der Waals surface area contributed by atoms with Crippen LogP contribution in [0.1, 0.15) is 34.9 Å². The fourth-order valence-electron chi connectivity index (χ4n) is 2.78. The van der Waals surface area contributed by atoms with E-state index in [1.807, 2.05) is 0 Å². The lowest BCUT2D eigenvalue weighted by atomic mass is 9.88. The largest absolute Gasteiger partial charge is 0.349 e. The Morgan fingerprint density at radius 2 is 2.19 bits per heavy atom. The zero-order valence-electron chi connectivity index (χ0n) is 11.9. The van der Waals surface area contributed by atoms with E-state index in [2.05, 4.69) is 47.1 Å². The average Bonchev–Trinajstić information content (AvgIpc) is 3.01. The second-order valence-corrected chi connectivity index (χ2v) is 7.30. The molecular weight excluding hydrogens is 298 g/mol. The SMILES string of the molecule is O=C(CSCc1cccs1)N[C@H]1CCCc2ccccc21. The summed E-state index contributed by atoms with van der Waals surface area (Å²) in [7, 11) is 0. The summed E-state index contributed by atoms with van der Waals surface area (Å²) in [6.45, 7) is 0. The molecule has 3 rings (SSSR count). The van der Waals surface area contributed by atoms with E-state index in [0.29, 0.717) is 5.75 Å². The topological polar surface area (TPSA) is 29.1 Å². The molecule has 1 aliphatic rings. The second kappa shape index (κ2) is 7.14. The van der Waals surface area contributed by atoms with Crippen molar-refractivity contribution in [2.75, 3.05) is 5.75 Å². The van der Waals surface area contributed by atoms with Crippen LogP contribution in [0.15, 0.2) is 41.8 Å². The summed E-state index contributed by atoms with van der Waals surface area (Å²) < 4.78 is 0. The van der Waals surface area contributed by atoms with Crippen molar-refractivity contribution < 1.29 is 4.79 Å². The number of rotatable bonds is 5. The minimum Gasteiger partial charge on any atom is -0.349 e. The quantitative estimate of drug-likeness (QED) is 0.896. The maximum absolute atomic E-state index is 12.1. The van der Waals surface area contributed by atoms with Crippen molar-refractivity contribution >= 4 is 29.0 Å². The molecule has 1 aromatic carbocycles. The standard InChI is InChI=1S/C17H19NOS2/c19-17(12-20-11-14-7-4-10-21-14)18-16-9-3-6-13-5-1-2-8-15(13)16/h1-2,4-5,7-8,10,16H,3,6,9,11-12H2,(H,18,19)/t16-/m0/s1. The third-order valence-electron chi connectivity index (χ3n) is 3.76. The second-order valence-electron chi connectivity index (χ2n) is 5.28. The normalized spacial score (nSPS) is 17.2. The van der Waals surface area contributed by atoms with Crippen LogP contribution in [0, 0.1) is 0 Å². The van der Waals surface area contributed by atoms with Gasteiger partial charge in [-0.15, -0.1) is 23.1 Å². The Kier molecular flexibility index (Phi) is 4.99. The summed E-state index contributed by atoms with van der Waals surface area (Å²) in [5, 5.41) is 5.28. The molecule has 0 saturated carbocycles. The van der Waals surface area contributed by atoms with E-state index < -0.39 is 0 Å². The lowest BCUT2D eigenvalue weighted by molar-refractivity contribution is -0.119. The van der Waals surface area contributed by atoms with E-state index in [-0.39, 0.29) is 11.9 Å². The molecule has 0 radical (unpaired) electrons. The molecule has 0 aliphatic heterocycles. The third kappa shape index (κ3) is 3.89. The number of thioether (sulfide) groups is 1. The van der Waals surface area contributed by atoms with E-state index in [1.165, 1.54) is 16.0 Å². The highest BCUT2D eigenvalue weighted by molar-refractivity contribution is 7.99. The number of benzene rings is 1. The molecule has 0 bridgehead atoms. The molecule has 1 amide bonds. The summed E-state index contributed by atoms with van der Waals surface area (Å²) in [5.41, 5.74) is 2.70. The van der Waals surface area contributed by atoms with E-state index in [0.717, 1.165) is 25.0 Å². The molecule has 1 N–H and O–H groups in total. The Balaban J connectivity index is 1.51. The number of hydrogen-bond acceptors (Lipinski definition) is 3. The number of hydrogen-bond donors (Lipinski definition) is 1. The molecule has 2 nitrogen and oxygen atoms in total. The van der Waals surface area contributed by atoms with Gasteiger partial charge in [0.1, 0.15) is 0 Å². The highest BCUT2D eigenvalue weighted by Crippen LogP contribution is 2.29. The Morgan fingerprint density at radius 3 is 3.05 bits per heavy atom. The number of nitrogens with one attached hydrogen (secondary N) is 1. The van der Waals surface area contributed by atoms with Crippen LogP contribution in [0.4, 0.5) is 0 Å². The molecule has 0 spiro atoms. The van der Waals surface area contributed by atoms with Gasteiger partial charge in [-0.2, -0.15) is 0 Å². The average molecular weight is 317 g/mol. The molecule has 1 atom stereocenters. The maximum Gasteiger partial charge on any atom is 0.230 e. The third-order valence-corrected chi connectivity index (χ3v) is 5.80. The number of aryl methyl sites for hydroxylation is 1. The van der Waals surface area contributed by atoms with Crippen LogP contribution in [0.3, 0.4) is 0 Å². The summed E-state index contributed by atoms with van der Waals surface area (Å²) in [6.07, 6.45) is 3.35. The molecule has 1 aromatic heterocycles. The maximum atomic E-state index is 12.1. The minimum absolute atomic E-state index is 0.151. The Bertz CT molecular complexity index is 595. The fourth-order valence-corrected chi connectivity index (χ4v) is 4.46. The Hall–Kier alpha value is -1.26. The van der Waals surface area contributed by atoms with Crippen LogP contribution in [0.25, 0.3) is 0 Å². The van der Waals surface area contributed by atoms with Gasteiger partial charge in [-0.1, -0.05) is 30.3 Å². The van der Waals surface area contributed by atoms with E-state index in [1.54, 1.807) is 23.1 Å². The van der Waals surface area contributed by atoms with Crippen LogP contribution < -0.4 is 5.32 Å². The van der Waals surface area contributed by atoms with Crippen molar-refractivity contribution in [1.29, 1.82) is 0 Å². The smallest absolute Gasteiger partial charge is 0.230 e. The first-order valence-corrected chi connectivity index (χ1v) is 9.33. The van der Waals surface area contributed by atoms with Gasteiger partial charge in [-0.05, 0) is 41.8 Å². The van der Waals surface area contributed by atoms with Gasteiger partial charge in [0.15, 0.2) is 0 Å². The van der Waals surface area contributed by atoms with E-state index in [4.69, 9.17) is 0 Å². The molecular formula is C17H19NOS2. The van der Waals surface area contributed by atoms with Gasteiger partial charge in [-0.25, -0.2) is 0 Å². The zero-order valence-corrected chi connectivity index (χ0v) is 13.5. The van der Waals surface area contributed by atoms with Gasteiger partial charge in [0.25, 0.3) is 0 Å². The van der Waals surface area contributed by atoms with Crippen molar-refractivity contribution in [2.45, 2.75) is 31.1 Å². The first kappa shape index (κ1) is 14.7. The number of amides is 1. The zero-order chi connectivity index (χ0) is 14.5. The highest BCUT2D eigenvalue weighted by atomic mass is 32.2. The van der Waals surface area contributed by atoms with Crippen molar-refractivity contribution in [1.82, 2.24) is 5.32 Å². The number of carbonyl (C=O) groups is 1. The van der Waals surface area contributed by atoms with Gasteiger partial charge in [0, 0.05) is 10.6 Å². The lowest BCUT2D eigenvalue weighted by Gasteiger charge is -2.26. The van der Waals surface area contributed by atoms with Gasteiger partial charge < -0.3 is 5.32 Å². The van der Waals surface area contributed by atoms with Gasteiger partial charge in [-0.3, -0.25) is 4.79 Å². The molecule has 21 heavy (non-hydrogen) atoms. The first-order valence-electron chi connectivity index (χ1n) is 7.30. The molecule has 0 saturated heterocycles. The van der Waals surface area contributed by atoms with Crippen LogP contribution in [0.2, 0.25) is 0 Å². The van der Waals surface area contributed by atoms with Gasteiger partial charge in [0.2, 0.25) is 5.91 Å². The predicted octanol–water partition coefficient (Wildman–Crippen LogP) is 4.18. The summed E-state index contributed by atoms with van der Waals surface area (Å²) in [5.74, 6) is 1.61. The molecule has 0 fully saturated rings. The number of thiophene rings is 1.